The minimum absolute atomic E-state index is 0.102. The van der Waals surface area contributed by atoms with Crippen LogP contribution in [0.1, 0.15) is 21.6 Å². The number of aromatic nitrogens is 1. The molecule has 0 radical (unpaired) electrons. The molecule has 0 bridgehead atoms. The topological polar surface area (TPSA) is 74.6 Å². The Hall–Kier alpha value is -2.73. The average Bonchev–Trinajstić information content (AvgIpc) is 2.56. The van der Waals surface area contributed by atoms with Gasteiger partial charge >= 0.3 is 0 Å². The summed E-state index contributed by atoms with van der Waals surface area (Å²) in [5.41, 5.74) is 5.00. The van der Waals surface area contributed by atoms with E-state index in [1.807, 2.05) is 25.1 Å². The van der Waals surface area contributed by atoms with E-state index in [9.17, 15) is 9.90 Å². The summed E-state index contributed by atoms with van der Waals surface area (Å²) >= 11 is 3.41. The van der Waals surface area contributed by atoms with Crippen LogP contribution in [0.4, 0.5) is 0 Å². The maximum Gasteiger partial charge on any atom is 0.272 e. The molecule has 0 saturated heterocycles. The van der Waals surface area contributed by atoms with E-state index in [0.717, 1.165) is 21.1 Å². The molecule has 1 amide bonds. The lowest BCUT2D eigenvalue weighted by Gasteiger charge is -2.07. The standard InChI is InChI=1S/C18H14BrN3O2/c1-11-8-15(14-9-13(19)6-7-16(14)21-11)18(24)22-20-10-12-4-2-3-5-17(12)23/h2-10,23H,1H3,(H,22,24). The number of hydrogen-bond donors (Lipinski definition) is 2. The van der Waals surface area contributed by atoms with Crippen LogP contribution >= 0.6 is 15.9 Å². The van der Waals surface area contributed by atoms with Crippen LogP contribution < -0.4 is 5.43 Å². The molecule has 0 aliphatic heterocycles. The van der Waals surface area contributed by atoms with Crippen molar-refractivity contribution in [3.8, 4) is 5.75 Å². The van der Waals surface area contributed by atoms with Gasteiger partial charge in [-0.2, -0.15) is 5.10 Å². The normalized spacial score (nSPS) is 11.1. The van der Waals surface area contributed by atoms with E-state index in [1.54, 1.807) is 30.3 Å². The molecule has 6 heteroatoms. The third-order valence-electron chi connectivity index (χ3n) is 3.45. The number of aromatic hydroxyl groups is 1. The Balaban J connectivity index is 1.89. The molecule has 1 aromatic heterocycles. The largest absolute Gasteiger partial charge is 0.507 e. The van der Waals surface area contributed by atoms with Gasteiger partial charge < -0.3 is 5.11 Å². The second-order valence-corrected chi connectivity index (χ2v) is 6.15. The summed E-state index contributed by atoms with van der Waals surface area (Å²) in [6.45, 7) is 1.84. The number of nitrogens with zero attached hydrogens (tertiary/aromatic N) is 2. The van der Waals surface area contributed by atoms with Crippen LogP contribution in [0.2, 0.25) is 0 Å². The van der Waals surface area contributed by atoms with Gasteiger partial charge in [0.15, 0.2) is 0 Å². The Bertz CT molecular complexity index is 954. The SMILES string of the molecule is Cc1cc(C(=O)NN=Cc2ccccc2O)c2cc(Br)ccc2n1. The third-order valence-corrected chi connectivity index (χ3v) is 3.94. The molecule has 1 heterocycles. The number of pyridine rings is 1. The van der Waals surface area contributed by atoms with Gasteiger partial charge in [-0.25, -0.2) is 5.43 Å². The van der Waals surface area contributed by atoms with E-state index in [1.165, 1.54) is 6.21 Å². The molecule has 0 fully saturated rings. The Labute approximate surface area is 147 Å². The summed E-state index contributed by atoms with van der Waals surface area (Å²) in [6, 6.07) is 14.1. The van der Waals surface area contributed by atoms with Crippen LogP contribution in [0, 0.1) is 6.92 Å². The lowest BCUT2D eigenvalue weighted by Crippen LogP contribution is -2.18. The zero-order chi connectivity index (χ0) is 17.1. The number of carbonyl (C=O) groups is 1. The predicted molar refractivity (Wildman–Crippen MR) is 97.3 cm³/mol. The molecule has 5 nitrogen and oxygen atoms in total. The number of fused-ring (bicyclic) bond motifs is 1. The van der Waals surface area contributed by atoms with Gasteiger partial charge in [-0.3, -0.25) is 9.78 Å². The molecule has 0 atom stereocenters. The molecule has 3 aromatic rings. The van der Waals surface area contributed by atoms with Crippen LogP contribution in [-0.4, -0.2) is 22.2 Å². The number of benzene rings is 2. The van der Waals surface area contributed by atoms with Gasteiger partial charge in [0.25, 0.3) is 5.91 Å². The predicted octanol–water partition coefficient (Wildman–Crippen LogP) is 3.78. The minimum atomic E-state index is -0.338. The Morgan fingerprint density at radius 3 is 2.83 bits per heavy atom. The number of rotatable bonds is 3. The first-order valence-electron chi connectivity index (χ1n) is 7.23. The molecule has 0 saturated carbocycles. The molecule has 2 aromatic carbocycles. The highest BCUT2D eigenvalue weighted by Gasteiger charge is 2.12. The highest BCUT2D eigenvalue weighted by atomic mass is 79.9. The van der Waals surface area contributed by atoms with Crippen molar-refractivity contribution >= 4 is 39.0 Å². The van der Waals surface area contributed by atoms with E-state index in [-0.39, 0.29) is 11.7 Å². The first kappa shape index (κ1) is 16.1. The van der Waals surface area contributed by atoms with Crippen LogP contribution in [0.15, 0.2) is 58.1 Å². The maximum absolute atomic E-state index is 12.5. The van der Waals surface area contributed by atoms with Crippen molar-refractivity contribution in [1.82, 2.24) is 10.4 Å². The zero-order valence-corrected chi connectivity index (χ0v) is 14.4. The number of hydrazone groups is 1. The number of phenolic OH excluding ortho intramolecular Hbond substituents is 1. The number of amides is 1. The van der Waals surface area contributed by atoms with Crippen molar-refractivity contribution in [2.24, 2.45) is 5.10 Å². The summed E-state index contributed by atoms with van der Waals surface area (Å²) in [6.07, 6.45) is 1.40. The Morgan fingerprint density at radius 1 is 1.25 bits per heavy atom. The van der Waals surface area contributed by atoms with Crippen molar-refractivity contribution in [2.75, 3.05) is 0 Å². The first-order chi connectivity index (χ1) is 11.5. The van der Waals surface area contributed by atoms with E-state index in [2.05, 4.69) is 31.4 Å². The summed E-state index contributed by atoms with van der Waals surface area (Å²) < 4.78 is 0.868. The number of halogens is 1. The molecule has 3 rings (SSSR count). The molecule has 0 unspecified atom stereocenters. The number of nitrogens with one attached hydrogen (secondary N) is 1. The van der Waals surface area contributed by atoms with E-state index in [0.29, 0.717) is 11.1 Å². The fraction of sp³-hybridized carbons (Fsp3) is 0.0556. The maximum atomic E-state index is 12.5. The van der Waals surface area contributed by atoms with E-state index < -0.39 is 0 Å². The van der Waals surface area contributed by atoms with Gasteiger partial charge in [0.05, 0.1) is 17.3 Å². The quantitative estimate of drug-likeness (QED) is 0.533. The fourth-order valence-corrected chi connectivity index (χ4v) is 2.70. The monoisotopic (exact) mass is 383 g/mol. The van der Waals surface area contributed by atoms with E-state index in [4.69, 9.17) is 0 Å². The van der Waals surface area contributed by atoms with Crippen molar-refractivity contribution in [3.63, 3.8) is 0 Å². The zero-order valence-electron chi connectivity index (χ0n) is 12.8. The summed E-state index contributed by atoms with van der Waals surface area (Å²) in [4.78, 5) is 16.9. The van der Waals surface area contributed by atoms with Gasteiger partial charge in [-0.05, 0) is 43.3 Å². The fourth-order valence-electron chi connectivity index (χ4n) is 2.34. The smallest absolute Gasteiger partial charge is 0.272 e. The van der Waals surface area contributed by atoms with Crippen molar-refractivity contribution in [2.45, 2.75) is 6.92 Å². The van der Waals surface area contributed by atoms with Crippen LogP contribution in [0.3, 0.4) is 0 Å². The highest BCUT2D eigenvalue weighted by Crippen LogP contribution is 2.23. The average molecular weight is 384 g/mol. The molecule has 24 heavy (non-hydrogen) atoms. The number of hydrogen-bond acceptors (Lipinski definition) is 4. The van der Waals surface area contributed by atoms with Crippen LogP contribution in [-0.2, 0) is 0 Å². The molecule has 0 aliphatic rings. The number of para-hydroxylation sites is 1. The molecular weight excluding hydrogens is 370 g/mol. The lowest BCUT2D eigenvalue weighted by atomic mass is 10.1. The molecule has 0 spiro atoms. The van der Waals surface area contributed by atoms with Crippen molar-refractivity contribution in [1.29, 1.82) is 0 Å². The molecule has 0 aliphatic carbocycles. The van der Waals surface area contributed by atoms with Gasteiger partial charge in [0.1, 0.15) is 5.75 Å². The highest BCUT2D eigenvalue weighted by molar-refractivity contribution is 9.10. The van der Waals surface area contributed by atoms with Gasteiger partial charge in [-0.1, -0.05) is 28.1 Å². The second kappa shape index (κ2) is 6.80. The Morgan fingerprint density at radius 2 is 2.04 bits per heavy atom. The molecular formula is C18H14BrN3O2. The summed E-state index contributed by atoms with van der Waals surface area (Å²) in [5.74, 6) is -0.236. The van der Waals surface area contributed by atoms with Crippen molar-refractivity contribution in [3.05, 3.63) is 69.8 Å². The van der Waals surface area contributed by atoms with Crippen molar-refractivity contribution < 1.29 is 9.90 Å². The minimum Gasteiger partial charge on any atom is -0.507 e. The van der Waals surface area contributed by atoms with Gasteiger partial charge in [0.2, 0.25) is 0 Å². The number of aryl methyl sites for hydroxylation is 1. The molecule has 120 valence electrons. The number of phenols is 1. The summed E-state index contributed by atoms with van der Waals surface area (Å²) in [5, 5.41) is 14.3. The van der Waals surface area contributed by atoms with Crippen LogP contribution in [0.5, 0.6) is 5.75 Å². The lowest BCUT2D eigenvalue weighted by molar-refractivity contribution is 0.0956. The Kier molecular flexibility index (Phi) is 4.57. The molecule has 2 N–H and O–H groups in total. The first-order valence-corrected chi connectivity index (χ1v) is 8.02. The van der Waals surface area contributed by atoms with Crippen LogP contribution in [0.25, 0.3) is 10.9 Å². The number of carbonyl (C=O) groups excluding carboxylic acids is 1. The second-order valence-electron chi connectivity index (χ2n) is 5.23. The van der Waals surface area contributed by atoms with E-state index >= 15 is 0 Å². The van der Waals surface area contributed by atoms with Gasteiger partial charge in [-0.15, -0.1) is 0 Å². The summed E-state index contributed by atoms with van der Waals surface area (Å²) in [7, 11) is 0. The van der Waals surface area contributed by atoms with Gasteiger partial charge in [0, 0.05) is 21.1 Å². The third kappa shape index (κ3) is 3.44.